The number of ether oxygens (including phenoxy) is 1. The summed E-state index contributed by atoms with van der Waals surface area (Å²) in [5.41, 5.74) is 0. The van der Waals surface area contributed by atoms with Gasteiger partial charge in [0.05, 0.1) is 6.54 Å². The van der Waals surface area contributed by atoms with Gasteiger partial charge in [0.1, 0.15) is 6.61 Å². The first-order chi connectivity index (χ1) is 4.22. The van der Waals surface area contributed by atoms with Crippen molar-refractivity contribution in [2.45, 2.75) is 0 Å². The molecule has 1 fully saturated rings. The van der Waals surface area contributed by atoms with E-state index in [0.29, 0.717) is 0 Å². The molecular weight excluding hydrogens is 125 g/mol. The van der Waals surface area contributed by atoms with Gasteiger partial charge in [-0.25, -0.2) is 4.79 Å². The van der Waals surface area contributed by atoms with E-state index in [0.717, 1.165) is 4.81 Å². The molecule has 0 aromatic carbocycles. The van der Waals surface area contributed by atoms with Gasteiger partial charge in [0, 0.05) is 0 Å². The van der Waals surface area contributed by atoms with Gasteiger partial charge in [-0.1, -0.05) is 0 Å². The molecule has 0 aromatic rings. The van der Waals surface area contributed by atoms with Crippen LogP contribution in [0, 0.1) is 0 Å². The molecule has 50 valence electrons. The lowest BCUT2D eigenvalue weighted by molar-refractivity contribution is 0.163. The average Bonchev–Trinajstić information content (AvgIpc) is 2.13. The Bertz CT molecular complexity index is 127. The summed E-state index contributed by atoms with van der Waals surface area (Å²) in [6, 6.07) is 0. The lowest BCUT2D eigenvalue weighted by Gasteiger charge is -2.08. The van der Waals surface area contributed by atoms with Crippen LogP contribution in [0.4, 0.5) is 4.79 Å². The van der Waals surface area contributed by atoms with Crippen molar-refractivity contribution < 1.29 is 19.6 Å². The van der Waals surface area contributed by atoms with Gasteiger partial charge < -0.3 is 14.8 Å². The number of carbonyl (C=O) groups excluding carboxylic acids is 1. The van der Waals surface area contributed by atoms with E-state index in [9.17, 15) is 4.79 Å². The lowest BCUT2D eigenvalue weighted by Crippen LogP contribution is -2.40. The van der Waals surface area contributed by atoms with Crippen molar-refractivity contribution in [3.8, 4) is 0 Å². The number of carbonyl (C=O) groups is 1. The van der Waals surface area contributed by atoms with E-state index in [1.807, 2.05) is 0 Å². The van der Waals surface area contributed by atoms with Gasteiger partial charge in [-0.2, -0.15) is 0 Å². The highest BCUT2D eigenvalue weighted by atomic mass is 16.6. The van der Waals surface area contributed by atoms with E-state index in [1.165, 1.54) is 0 Å². The summed E-state index contributed by atoms with van der Waals surface area (Å²) in [6.45, 7) is 0.479. The Morgan fingerprint density at radius 2 is 2.33 bits per heavy atom. The molecule has 1 aliphatic rings. The Morgan fingerprint density at radius 1 is 1.67 bits per heavy atom. The highest BCUT2D eigenvalue weighted by Gasteiger charge is 2.31. The number of hydrogen-bond acceptors (Lipinski definition) is 4. The second kappa shape index (κ2) is 2.24. The molecule has 6 heteroatoms. The molecule has 0 aliphatic carbocycles. The van der Waals surface area contributed by atoms with Gasteiger partial charge in [0.2, 0.25) is 0 Å². The Balaban J connectivity index is 2.49. The van der Waals surface area contributed by atoms with Gasteiger partial charge >= 0.3 is 13.3 Å². The second-order valence-electron chi connectivity index (χ2n) is 1.65. The minimum absolute atomic E-state index is 0.233. The first kappa shape index (κ1) is 6.38. The zero-order chi connectivity index (χ0) is 6.85. The third-order valence-electron chi connectivity index (χ3n) is 1.07. The standard InChI is InChI=1S/C3H6BNO4/c6-3-5(4(7)8)1-2-9-3/h7-8H,1-2H2. The predicted molar refractivity (Wildman–Crippen MR) is 28.2 cm³/mol. The molecule has 1 amide bonds. The van der Waals surface area contributed by atoms with E-state index in [4.69, 9.17) is 10.0 Å². The predicted octanol–water partition coefficient (Wildman–Crippen LogP) is -1.59. The lowest BCUT2D eigenvalue weighted by atomic mass is 10.1. The van der Waals surface area contributed by atoms with Crippen LogP contribution in [0.3, 0.4) is 0 Å². The van der Waals surface area contributed by atoms with Crippen molar-refractivity contribution >= 4 is 13.3 Å². The number of cyclic esters (lactones) is 1. The normalized spacial score (nSPS) is 18.0. The highest BCUT2D eigenvalue weighted by molar-refractivity contribution is 6.41. The first-order valence-corrected chi connectivity index (χ1v) is 2.51. The summed E-state index contributed by atoms with van der Waals surface area (Å²) in [5, 5.41) is 16.8. The van der Waals surface area contributed by atoms with Crippen molar-refractivity contribution in [3.05, 3.63) is 0 Å². The highest BCUT2D eigenvalue weighted by Crippen LogP contribution is 2.01. The fourth-order valence-corrected chi connectivity index (χ4v) is 0.615. The Kier molecular flexibility index (Phi) is 1.59. The van der Waals surface area contributed by atoms with E-state index < -0.39 is 13.3 Å². The van der Waals surface area contributed by atoms with Crippen molar-refractivity contribution in [1.82, 2.24) is 4.81 Å². The molecule has 0 spiro atoms. The Labute approximate surface area is 52.0 Å². The largest absolute Gasteiger partial charge is 0.592 e. The van der Waals surface area contributed by atoms with Crippen LogP contribution < -0.4 is 0 Å². The average molecular weight is 131 g/mol. The zero-order valence-electron chi connectivity index (χ0n) is 4.65. The maximum Gasteiger partial charge on any atom is 0.592 e. The minimum Gasteiger partial charge on any atom is -0.448 e. The Hall–Kier alpha value is -0.745. The molecule has 0 bridgehead atoms. The maximum absolute atomic E-state index is 10.4. The molecule has 1 rings (SSSR count). The molecule has 0 saturated carbocycles. The van der Waals surface area contributed by atoms with Crippen LogP contribution in [0.15, 0.2) is 0 Å². The van der Waals surface area contributed by atoms with Crippen molar-refractivity contribution in [2.75, 3.05) is 13.2 Å². The summed E-state index contributed by atoms with van der Waals surface area (Å²) < 4.78 is 4.39. The van der Waals surface area contributed by atoms with Crippen LogP contribution in [-0.2, 0) is 4.74 Å². The summed E-state index contributed by atoms with van der Waals surface area (Å²) >= 11 is 0. The van der Waals surface area contributed by atoms with Crippen LogP contribution in [-0.4, -0.2) is 41.4 Å². The molecule has 1 heterocycles. The van der Waals surface area contributed by atoms with Crippen molar-refractivity contribution in [3.63, 3.8) is 0 Å². The third kappa shape index (κ3) is 1.14. The molecule has 1 aliphatic heterocycles. The molecule has 0 radical (unpaired) electrons. The molecule has 5 nitrogen and oxygen atoms in total. The summed E-state index contributed by atoms with van der Waals surface area (Å²) in [4.78, 5) is 11.2. The molecule has 0 unspecified atom stereocenters. The van der Waals surface area contributed by atoms with Crippen molar-refractivity contribution in [2.24, 2.45) is 0 Å². The second-order valence-corrected chi connectivity index (χ2v) is 1.65. The van der Waals surface area contributed by atoms with E-state index in [-0.39, 0.29) is 13.2 Å². The van der Waals surface area contributed by atoms with Gasteiger partial charge in [-0.15, -0.1) is 0 Å². The first-order valence-electron chi connectivity index (χ1n) is 2.51. The Morgan fingerprint density at radius 3 is 2.56 bits per heavy atom. The molecule has 0 aromatic heterocycles. The topological polar surface area (TPSA) is 70.0 Å². The molecular formula is C3H6BNO4. The van der Waals surface area contributed by atoms with E-state index in [1.54, 1.807) is 0 Å². The number of rotatable bonds is 1. The van der Waals surface area contributed by atoms with Crippen LogP contribution >= 0.6 is 0 Å². The molecule has 2 N–H and O–H groups in total. The smallest absolute Gasteiger partial charge is 0.448 e. The van der Waals surface area contributed by atoms with Crippen LogP contribution in [0.25, 0.3) is 0 Å². The third-order valence-corrected chi connectivity index (χ3v) is 1.07. The summed E-state index contributed by atoms with van der Waals surface area (Å²) in [6.07, 6.45) is -0.676. The quantitative estimate of drug-likeness (QED) is 0.420. The van der Waals surface area contributed by atoms with Crippen molar-refractivity contribution in [1.29, 1.82) is 0 Å². The van der Waals surface area contributed by atoms with Gasteiger partial charge in [-0.05, 0) is 0 Å². The van der Waals surface area contributed by atoms with E-state index in [2.05, 4.69) is 4.74 Å². The summed E-state index contributed by atoms with van der Waals surface area (Å²) in [7, 11) is -1.72. The SMILES string of the molecule is O=C1OCCN1B(O)O. The zero-order valence-corrected chi connectivity index (χ0v) is 4.65. The van der Waals surface area contributed by atoms with E-state index >= 15 is 0 Å². The number of nitrogens with zero attached hydrogens (tertiary/aromatic N) is 1. The molecule has 1 saturated heterocycles. The van der Waals surface area contributed by atoms with Gasteiger partial charge in [0.15, 0.2) is 0 Å². The fraction of sp³-hybridized carbons (Fsp3) is 0.667. The van der Waals surface area contributed by atoms with Gasteiger partial charge in [-0.3, -0.25) is 4.81 Å². The monoisotopic (exact) mass is 131 g/mol. The molecule has 9 heavy (non-hydrogen) atoms. The maximum atomic E-state index is 10.4. The number of amides is 1. The van der Waals surface area contributed by atoms with Crippen LogP contribution in [0.5, 0.6) is 0 Å². The van der Waals surface area contributed by atoms with Gasteiger partial charge in [0.25, 0.3) is 0 Å². The number of hydrogen-bond donors (Lipinski definition) is 2. The van der Waals surface area contributed by atoms with Crippen LogP contribution in [0.2, 0.25) is 0 Å². The fourth-order valence-electron chi connectivity index (χ4n) is 0.615. The molecule has 0 atom stereocenters. The summed E-state index contributed by atoms with van der Waals surface area (Å²) in [5.74, 6) is 0. The van der Waals surface area contributed by atoms with Crippen LogP contribution in [0.1, 0.15) is 0 Å². The minimum atomic E-state index is -1.72.